The van der Waals surface area contributed by atoms with Gasteiger partial charge in [0, 0.05) is 17.5 Å². The van der Waals surface area contributed by atoms with Crippen molar-refractivity contribution < 1.29 is 19.4 Å². The van der Waals surface area contributed by atoms with Gasteiger partial charge < -0.3 is 19.4 Å². The van der Waals surface area contributed by atoms with Crippen LogP contribution in [0.4, 0.5) is 0 Å². The summed E-state index contributed by atoms with van der Waals surface area (Å²) in [6.07, 6.45) is 7.53. The van der Waals surface area contributed by atoms with Crippen molar-refractivity contribution in [2.45, 2.75) is 5.92 Å². The largest absolute Gasteiger partial charge is 0.508 e. The van der Waals surface area contributed by atoms with Crippen LogP contribution in [-0.2, 0) is 4.74 Å². The molecule has 0 fully saturated rings. The lowest BCUT2D eigenvalue weighted by Crippen LogP contribution is -2.09. The van der Waals surface area contributed by atoms with E-state index >= 15 is 0 Å². The van der Waals surface area contributed by atoms with Gasteiger partial charge in [0.25, 0.3) is 0 Å². The SMILES string of the molecule is Oc1ccc(-c2cc3c(o2)C2=CC=COC2=CC3c2ccccc2)c(O)c1. The van der Waals surface area contributed by atoms with Crippen molar-refractivity contribution in [3.8, 4) is 22.8 Å². The molecule has 1 unspecified atom stereocenters. The van der Waals surface area contributed by atoms with Crippen molar-refractivity contribution in [2.24, 2.45) is 0 Å². The van der Waals surface area contributed by atoms with E-state index in [4.69, 9.17) is 9.15 Å². The highest BCUT2D eigenvalue weighted by atomic mass is 16.5. The van der Waals surface area contributed by atoms with Crippen LogP contribution in [0.25, 0.3) is 16.9 Å². The van der Waals surface area contributed by atoms with Crippen molar-refractivity contribution in [2.75, 3.05) is 0 Å². The number of phenols is 2. The van der Waals surface area contributed by atoms with Gasteiger partial charge in [0.15, 0.2) is 0 Å². The number of hydrogen-bond acceptors (Lipinski definition) is 4. The highest BCUT2D eigenvalue weighted by Gasteiger charge is 2.31. The van der Waals surface area contributed by atoms with Gasteiger partial charge in [-0.2, -0.15) is 0 Å². The van der Waals surface area contributed by atoms with Crippen LogP contribution in [0.15, 0.2) is 89.3 Å². The minimum atomic E-state index is -0.0284. The lowest BCUT2D eigenvalue weighted by atomic mass is 9.84. The molecule has 4 nitrogen and oxygen atoms in total. The second kappa shape index (κ2) is 5.95. The third kappa shape index (κ3) is 2.54. The number of aromatic hydroxyl groups is 2. The lowest BCUT2D eigenvalue weighted by molar-refractivity contribution is 0.362. The summed E-state index contributed by atoms with van der Waals surface area (Å²) in [6.45, 7) is 0. The summed E-state index contributed by atoms with van der Waals surface area (Å²) in [5.74, 6) is 1.99. The number of fused-ring (bicyclic) bond motifs is 3. The summed E-state index contributed by atoms with van der Waals surface area (Å²) < 4.78 is 11.9. The molecule has 1 aromatic heterocycles. The maximum absolute atomic E-state index is 10.2. The molecule has 0 radical (unpaired) electrons. The van der Waals surface area contributed by atoms with Gasteiger partial charge in [-0.25, -0.2) is 0 Å². The first-order chi connectivity index (χ1) is 13.2. The Hall–Kier alpha value is -3.66. The standard InChI is InChI=1S/C23H16O4/c24-15-8-9-16(20(25)11-15)22-13-19-18(14-5-2-1-3-6-14)12-21-17(23(19)27-22)7-4-10-26-21/h1-13,18,24-25H. The average Bonchev–Trinajstić information content (AvgIpc) is 3.13. The summed E-state index contributed by atoms with van der Waals surface area (Å²) in [5, 5.41) is 19.8. The zero-order valence-corrected chi connectivity index (χ0v) is 14.3. The van der Waals surface area contributed by atoms with Crippen LogP contribution in [0.2, 0.25) is 0 Å². The van der Waals surface area contributed by atoms with Crippen LogP contribution >= 0.6 is 0 Å². The third-order valence-electron chi connectivity index (χ3n) is 4.87. The Morgan fingerprint density at radius 2 is 1.78 bits per heavy atom. The van der Waals surface area contributed by atoms with Gasteiger partial charge in [-0.3, -0.25) is 0 Å². The quantitative estimate of drug-likeness (QED) is 0.653. The molecule has 27 heavy (non-hydrogen) atoms. The fraction of sp³-hybridized carbons (Fsp3) is 0.0435. The Balaban J connectivity index is 1.70. The molecule has 1 aliphatic carbocycles. The van der Waals surface area contributed by atoms with Crippen molar-refractivity contribution in [1.29, 1.82) is 0 Å². The fourth-order valence-electron chi connectivity index (χ4n) is 3.60. The summed E-state index contributed by atoms with van der Waals surface area (Å²) in [5.41, 5.74) is 3.55. The monoisotopic (exact) mass is 356 g/mol. The van der Waals surface area contributed by atoms with Crippen molar-refractivity contribution in [3.63, 3.8) is 0 Å². The van der Waals surface area contributed by atoms with Gasteiger partial charge in [-0.05, 0) is 42.0 Å². The molecule has 0 bridgehead atoms. The van der Waals surface area contributed by atoms with E-state index in [1.165, 1.54) is 12.1 Å². The molecule has 2 heterocycles. The van der Waals surface area contributed by atoms with Crippen LogP contribution in [0.3, 0.4) is 0 Å². The lowest BCUT2D eigenvalue weighted by Gasteiger charge is -2.23. The summed E-state index contributed by atoms with van der Waals surface area (Å²) >= 11 is 0. The normalized spacial score (nSPS) is 17.4. The summed E-state index contributed by atoms with van der Waals surface area (Å²) in [6, 6.07) is 16.6. The number of benzene rings is 2. The van der Waals surface area contributed by atoms with Crippen molar-refractivity contribution in [1.82, 2.24) is 0 Å². The Morgan fingerprint density at radius 1 is 0.926 bits per heavy atom. The molecule has 0 amide bonds. The zero-order valence-electron chi connectivity index (χ0n) is 14.3. The fourth-order valence-corrected chi connectivity index (χ4v) is 3.60. The number of allylic oxidation sites excluding steroid dienone is 4. The average molecular weight is 356 g/mol. The predicted molar refractivity (Wildman–Crippen MR) is 102 cm³/mol. The molecule has 1 aliphatic heterocycles. The topological polar surface area (TPSA) is 62.8 Å². The predicted octanol–water partition coefficient (Wildman–Crippen LogP) is 5.31. The maximum Gasteiger partial charge on any atom is 0.142 e. The molecule has 0 saturated heterocycles. The van der Waals surface area contributed by atoms with Gasteiger partial charge in [-0.1, -0.05) is 30.3 Å². The zero-order chi connectivity index (χ0) is 18.4. The Morgan fingerprint density at radius 3 is 2.59 bits per heavy atom. The van der Waals surface area contributed by atoms with Gasteiger partial charge in [-0.15, -0.1) is 0 Å². The highest BCUT2D eigenvalue weighted by Crippen LogP contribution is 2.46. The van der Waals surface area contributed by atoms with E-state index in [-0.39, 0.29) is 17.4 Å². The van der Waals surface area contributed by atoms with Crippen LogP contribution in [-0.4, -0.2) is 10.2 Å². The van der Waals surface area contributed by atoms with E-state index in [0.29, 0.717) is 11.3 Å². The van der Waals surface area contributed by atoms with Crippen LogP contribution in [0.1, 0.15) is 22.8 Å². The molecule has 132 valence electrons. The second-order valence-corrected chi connectivity index (χ2v) is 6.54. The van der Waals surface area contributed by atoms with Gasteiger partial charge in [0.1, 0.15) is 28.8 Å². The first-order valence-corrected chi connectivity index (χ1v) is 8.68. The van der Waals surface area contributed by atoms with Crippen molar-refractivity contribution in [3.05, 3.63) is 102 Å². The van der Waals surface area contributed by atoms with E-state index in [2.05, 4.69) is 18.2 Å². The first-order valence-electron chi connectivity index (χ1n) is 8.68. The maximum atomic E-state index is 10.2. The molecule has 0 saturated carbocycles. The minimum absolute atomic E-state index is 0.00668. The Bertz CT molecular complexity index is 1120. The Kier molecular flexibility index (Phi) is 3.44. The van der Waals surface area contributed by atoms with E-state index in [1.54, 1.807) is 12.3 Å². The first kappa shape index (κ1) is 15.6. The van der Waals surface area contributed by atoms with E-state index in [0.717, 1.165) is 28.2 Å². The molecule has 0 spiro atoms. The molecule has 5 rings (SSSR count). The molecule has 4 heteroatoms. The van der Waals surface area contributed by atoms with Gasteiger partial charge in [0.05, 0.1) is 17.4 Å². The molecular weight excluding hydrogens is 340 g/mol. The molecule has 2 aromatic carbocycles. The van der Waals surface area contributed by atoms with E-state index in [9.17, 15) is 10.2 Å². The Labute approximate surface area is 156 Å². The number of furan rings is 1. The van der Waals surface area contributed by atoms with E-state index < -0.39 is 0 Å². The third-order valence-corrected chi connectivity index (χ3v) is 4.87. The molecular formula is C23H16O4. The van der Waals surface area contributed by atoms with Gasteiger partial charge >= 0.3 is 0 Å². The van der Waals surface area contributed by atoms with Crippen LogP contribution in [0, 0.1) is 0 Å². The summed E-state index contributed by atoms with van der Waals surface area (Å²) in [4.78, 5) is 0. The number of phenolic OH excluding ortho intramolecular Hbond substituents is 2. The van der Waals surface area contributed by atoms with Crippen LogP contribution < -0.4 is 0 Å². The number of ether oxygens (including phenoxy) is 1. The molecule has 2 N–H and O–H groups in total. The number of rotatable bonds is 2. The van der Waals surface area contributed by atoms with Crippen LogP contribution in [0.5, 0.6) is 11.5 Å². The molecule has 2 aliphatic rings. The highest BCUT2D eigenvalue weighted by molar-refractivity contribution is 5.83. The minimum Gasteiger partial charge on any atom is -0.508 e. The number of hydrogen-bond donors (Lipinski definition) is 2. The summed E-state index contributed by atoms with van der Waals surface area (Å²) in [7, 11) is 0. The molecule has 1 atom stereocenters. The van der Waals surface area contributed by atoms with Crippen molar-refractivity contribution >= 4 is 5.57 Å². The smallest absolute Gasteiger partial charge is 0.142 e. The van der Waals surface area contributed by atoms with E-state index in [1.807, 2.05) is 36.4 Å². The second-order valence-electron chi connectivity index (χ2n) is 6.54. The molecule has 3 aromatic rings. The van der Waals surface area contributed by atoms with Gasteiger partial charge in [0.2, 0.25) is 0 Å².